The Bertz CT molecular complexity index is 554. The van der Waals surface area contributed by atoms with Gasteiger partial charge < -0.3 is 10.2 Å². The molecule has 1 aromatic heterocycles. The smallest absolute Gasteiger partial charge is 0.179 e. The third-order valence-electron chi connectivity index (χ3n) is 3.80. The molecule has 1 saturated heterocycles. The first-order chi connectivity index (χ1) is 10.0. The maximum Gasteiger partial charge on any atom is 0.179 e. The average molecular weight is 311 g/mol. The monoisotopic (exact) mass is 311 g/mol. The predicted molar refractivity (Wildman–Crippen MR) is 85.5 cm³/mol. The van der Waals surface area contributed by atoms with Crippen LogP contribution < -0.4 is 10.2 Å². The second kappa shape index (κ2) is 7.22. The zero-order chi connectivity index (χ0) is 15.3. The van der Waals surface area contributed by atoms with Crippen molar-refractivity contribution < 1.29 is 8.42 Å². The molecule has 1 aromatic rings. The number of hydrogen-bond donors (Lipinski definition) is 1. The molecule has 0 radical (unpaired) electrons. The third kappa shape index (κ3) is 4.41. The summed E-state index contributed by atoms with van der Waals surface area (Å²) in [7, 11) is -3.26. The molecule has 0 saturated carbocycles. The van der Waals surface area contributed by atoms with Crippen LogP contribution in [0.3, 0.4) is 0 Å². The van der Waals surface area contributed by atoms with Crippen LogP contribution in [0, 0.1) is 0 Å². The van der Waals surface area contributed by atoms with Gasteiger partial charge in [-0.2, -0.15) is 0 Å². The number of hydrogen-bond acceptors (Lipinski definition) is 5. The van der Waals surface area contributed by atoms with Crippen molar-refractivity contribution in [3.63, 3.8) is 0 Å². The van der Waals surface area contributed by atoms with Crippen LogP contribution in [0.1, 0.15) is 32.6 Å². The van der Waals surface area contributed by atoms with Gasteiger partial charge in [0.2, 0.25) is 0 Å². The van der Waals surface area contributed by atoms with Crippen molar-refractivity contribution in [3.05, 3.63) is 18.3 Å². The lowest BCUT2D eigenvalue weighted by Gasteiger charge is -2.32. The summed E-state index contributed by atoms with van der Waals surface area (Å²) in [5, 5.41) is 3.52. The molecule has 0 spiro atoms. The van der Waals surface area contributed by atoms with Gasteiger partial charge in [0.1, 0.15) is 10.7 Å². The Morgan fingerprint density at radius 1 is 1.43 bits per heavy atom. The van der Waals surface area contributed by atoms with Crippen LogP contribution in [-0.2, 0) is 9.84 Å². The molecule has 1 fully saturated rings. The third-order valence-corrected chi connectivity index (χ3v) is 4.91. The van der Waals surface area contributed by atoms with Crippen LogP contribution in [0.2, 0.25) is 0 Å². The van der Waals surface area contributed by atoms with Crippen molar-refractivity contribution in [1.29, 1.82) is 0 Å². The van der Waals surface area contributed by atoms with Crippen LogP contribution in [0.4, 0.5) is 5.82 Å². The number of rotatable bonds is 6. The molecule has 1 aliphatic rings. The molecule has 1 atom stereocenters. The summed E-state index contributed by atoms with van der Waals surface area (Å²) in [6, 6.07) is 3.75. The Hall–Kier alpha value is -1.14. The lowest BCUT2D eigenvalue weighted by Crippen LogP contribution is -2.44. The minimum absolute atomic E-state index is 0.328. The van der Waals surface area contributed by atoms with Crippen molar-refractivity contribution in [3.8, 4) is 0 Å². The molecule has 2 heterocycles. The SMILES string of the molecule is CCCN(CC1CCCCN1)c1ncccc1S(C)(=O)=O. The standard InChI is InChI=1S/C15H25N3O2S/c1-3-11-18(12-13-7-4-5-9-16-13)15-14(21(2,19)20)8-6-10-17-15/h6,8,10,13,16H,3-5,7,9,11-12H2,1-2H3. The van der Waals surface area contributed by atoms with Gasteiger partial charge in [0, 0.05) is 31.6 Å². The number of pyridine rings is 1. The fourth-order valence-corrected chi connectivity index (χ4v) is 3.65. The first-order valence-corrected chi connectivity index (χ1v) is 9.55. The molecular weight excluding hydrogens is 286 g/mol. The molecule has 5 nitrogen and oxygen atoms in total. The van der Waals surface area contributed by atoms with E-state index in [0.717, 1.165) is 32.5 Å². The summed E-state index contributed by atoms with van der Waals surface area (Å²) in [5.41, 5.74) is 0. The number of anilines is 1. The lowest BCUT2D eigenvalue weighted by atomic mass is 10.0. The van der Waals surface area contributed by atoms with E-state index in [1.54, 1.807) is 18.3 Å². The number of sulfone groups is 1. The first kappa shape index (κ1) is 16.2. The minimum atomic E-state index is -3.26. The molecule has 118 valence electrons. The van der Waals surface area contributed by atoms with E-state index in [1.807, 2.05) is 0 Å². The number of nitrogens with zero attached hydrogens (tertiary/aromatic N) is 2. The Balaban J connectivity index is 2.25. The summed E-state index contributed by atoms with van der Waals surface area (Å²) in [6.07, 6.45) is 7.48. The van der Waals surface area contributed by atoms with Crippen molar-refractivity contribution in [2.45, 2.75) is 43.5 Å². The normalized spacial score (nSPS) is 19.4. The van der Waals surface area contributed by atoms with Gasteiger partial charge in [0.05, 0.1) is 0 Å². The molecule has 1 unspecified atom stereocenters. The van der Waals surface area contributed by atoms with Crippen molar-refractivity contribution >= 4 is 15.7 Å². The summed E-state index contributed by atoms with van der Waals surface area (Å²) in [5.74, 6) is 0.592. The molecule has 1 N–H and O–H groups in total. The molecule has 6 heteroatoms. The van der Waals surface area contributed by atoms with Gasteiger partial charge >= 0.3 is 0 Å². The highest BCUT2D eigenvalue weighted by molar-refractivity contribution is 7.90. The molecule has 2 rings (SSSR count). The van der Waals surface area contributed by atoms with E-state index >= 15 is 0 Å². The van der Waals surface area contributed by atoms with Gasteiger partial charge in [0.25, 0.3) is 0 Å². The van der Waals surface area contributed by atoms with E-state index in [1.165, 1.54) is 19.1 Å². The summed E-state index contributed by atoms with van der Waals surface area (Å²) in [6.45, 7) is 4.78. The van der Waals surface area contributed by atoms with Gasteiger partial charge in [-0.3, -0.25) is 0 Å². The lowest BCUT2D eigenvalue weighted by molar-refractivity contribution is 0.398. The van der Waals surface area contributed by atoms with E-state index in [0.29, 0.717) is 16.8 Å². The molecule has 1 aliphatic heterocycles. The van der Waals surface area contributed by atoms with E-state index in [2.05, 4.69) is 22.1 Å². The summed E-state index contributed by atoms with van der Waals surface area (Å²) >= 11 is 0. The summed E-state index contributed by atoms with van der Waals surface area (Å²) in [4.78, 5) is 6.79. The molecular formula is C15H25N3O2S. The topological polar surface area (TPSA) is 62.3 Å². The van der Waals surface area contributed by atoms with Crippen LogP contribution in [-0.4, -0.2) is 45.3 Å². The Kier molecular flexibility index (Phi) is 5.58. The highest BCUT2D eigenvalue weighted by Crippen LogP contribution is 2.23. The molecule has 0 bridgehead atoms. The van der Waals surface area contributed by atoms with Gasteiger partial charge in [-0.25, -0.2) is 13.4 Å². The van der Waals surface area contributed by atoms with E-state index in [-0.39, 0.29) is 0 Å². The quantitative estimate of drug-likeness (QED) is 0.868. The number of piperidine rings is 1. The fraction of sp³-hybridized carbons (Fsp3) is 0.667. The van der Waals surface area contributed by atoms with E-state index in [9.17, 15) is 8.42 Å². The van der Waals surface area contributed by atoms with Gasteiger partial charge in [-0.05, 0) is 37.9 Å². The van der Waals surface area contributed by atoms with E-state index in [4.69, 9.17) is 0 Å². The van der Waals surface area contributed by atoms with Crippen LogP contribution in [0.25, 0.3) is 0 Å². The van der Waals surface area contributed by atoms with Gasteiger partial charge in [-0.1, -0.05) is 13.3 Å². The first-order valence-electron chi connectivity index (χ1n) is 7.65. The Morgan fingerprint density at radius 2 is 2.24 bits per heavy atom. The molecule has 0 amide bonds. The number of aromatic nitrogens is 1. The highest BCUT2D eigenvalue weighted by Gasteiger charge is 2.22. The van der Waals surface area contributed by atoms with E-state index < -0.39 is 9.84 Å². The highest BCUT2D eigenvalue weighted by atomic mass is 32.2. The van der Waals surface area contributed by atoms with Crippen LogP contribution in [0.5, 0.6) is 0 Å². The maximum absolute atomic E-state index is 12.0. The molecule has 21 heavy (non-hydrogen) atoms. The average Bonchev–Trinajstić information content (AvgIpc) is 2.47. The fourth-order valence-electron chi connectivity index (χ4n) is 2.81. The predicted octanol–water partition coefficient (Wildman–Crippen LogP) is 1.84. The zero-order valence-corrected chi connectivity index (χ0v) is 13.7. The zero-order valence-electron chi connectivity index (χ0n) is 12.9. The van der Waals surface area contributed by atoms with Crippen LogP contribution in [0.15, 0.2) is 23.2 Å². The van der Waals surface area contributed by atoms with Crippen molar-refractivity contribution in [2.75, 3.05) is 30.8 Å². The maximum atomic E-state index is 12.0. The summed E-state index contributed by atoms with van der Waals surface area (Å²) < 4.78 is 23.9. The van der Waals surface area contributed by atoms with Gasteiger partial charge in [0.15, 0.2) is 9.84 Å². The second-order valence-corrected chi connectivity index (χ2v) is 7.67. The second-order valence-electron chi connectivity index (χ2n) is 5.69. The number of nitrogens with one attached hydrogen (secondary N) is 1. The van der Waals surface area contributed by atoms with Crippen molar-refractivity contribution in [2.24, 2.45) is 0 Å². The van der Waals surface area contributed by atoms with Crippen LogP contribution >= 0.6 is 0 Å². The Labute approximate surface area is 127 Å². The largest absolute Gasteiger partial charge is 0.354 e. The molecule has 0 aliphatic carbocycles. The molecule has 0 aromatic carbocycles. The van der Waals surface area contributed by atoms with Crippen molar-refractivity contribution in [1.82, 2.24) is 10.3 Å². The van der Waals surface area contributed by atoms with Gasteiger partial charge in [-0.15, -0.1) is 0 Å². The Morgan fingerprint density at radius 3 is 2.86 bits per heavy atom. The minimum Gasteiger partial charge on any atom is -0.354 e.